The van der Waals surface area contributed by atoms with Crippen molar-refractivity contribution >= 4 is 112 Å². The molecule has 7 aromatic carbocycles. The van der Waals surface area contributed by atoms with Gasteiger partial charge in [-0.2, -0.15) is 21.6 Å². The minimum atomic E-state index is -5.98. The molecule has 6 aliphatic heterocycles. The number of carbonyl (C=O) groups excluding carboxylic acids is 5. The maximum atomic E-state index is 14.0. The quantitative estimate of drug-likeness (QED) is 0.0299. The van der Waals surface area contributed by atoms with Gasteiger partial charge in [0.05, 0.1) is 82.5 Å². The summed E-state index contributed by atoms with van der Waals surface area (Å²) in [4.78, 5) is 79.7. The molecule has 28 heteroatoms. The molecule has 5 amide bonds. The lowest BCUT2D eigenvalue weighted by Gasteiger charge is -2.26. The van der Waals surface area contributed by atoms with Crippen LogP contribution in [0.1, 0.15) is 61.5 Å². The molecule has 0 N–H and O–H groups in total. The number of anilines is 2. The second-order valence-corrected chi connectivity index (χ2v) is 40.3. The number of halogens is 3. The van der Waals surface area contributed by atoms with E-state index in [0.29, 0.717) is 65.1 Å². The zero-order chi connectivity index (χ0) is 74.0. The van der Waals surface area contributed by atoms with Gasteiger partial charge < -0.3 is 51.9 Å². The fourth-order valence-electron chi connectivity index (χ4n) is 12.6. The van der Waals surface area contributed by atoms with E-state index in [-0.39, 0.29) is 60.0 Å². The number of hydrogen-bond donors (Lipinski definition) is 0. The van der Waals surface area contributed by atoms with Gasteiger partial charge in [-0.3, -0.25) is 43.7 Å². The molecule has 0 aromatic heterocycles. The molecule has 6 heterocycles. The Morgan fingerprint density at radius 2 is 0.874 bits per heavy atom. The molecule has 13 rings (SSSR count). The molecule has 6 aliphatic rings. The summed E-state index contributed by atoms with van der Waals surface area (Å²) < 4.78 is 110. The molecule has 103 heavy (non-hydrogen) atoms. The number of methoxy groups -OCH3 is 6. The summed E-state index contributed by atoms with van der Waals surface area (Å²) in [5, 5.41) is 4.66. The SMILES string of the molecule is COc1cc2c(cc1OC)C(=O)N1C=C(c3ccc4ccccc4c3)C[C@H]1C=N2.COc1cc2c(cc1OC)N(COCC[Si](C)(C)C)C(=O)[C@@H]1CC(OS(=O)(=O)C(F)(F)F)=CN1C2=O.COc1cc2c(cc1OC)N(COCC[Si](C)(C)C)C(=O)[C@@H]1CC(c3ccc4ccccc4c3)=CN1C2=O. The van der Waals surface area contributed by atoms with E-state index in [1.165, 1.54) is 56.2 Å². The van der Waals surface area contributed by atoms with Crippen molar-refractivity contribution in [2.45, 2.75) is 94.3 Å². The summed E-state index contributed by atoms with van der Waals surface area (Å²) in [7, 11) is 0.194. The topological polar surface area (TPSA) is 231 Å². The van der Waals surface area contributed by atoms with Gasteiger partial charge >= 0.3 is 15.6 Å². The van der Waals surface area contributed by atoms with Gasteiger partial charge in [-0.05, 0) is 86.2 Å². The van der Waals surface area contributed by atoms with E-state index in [9.17, 15) is 45.6 Å². The monoisotopic (exact) mass is 1470 g/mol. The Morgan fingerprint density at radius 1 is 0.476 bits per heavy atom. The highest BCUT2D eigenvalue weighted by molar-refractivity contribution is 7.87. The Kier molecular flexibility index (Phi) is 21.7. The molecular formula is C75H81F3N6O16SSi2. The van der Waals surface area contributed by atoms with E-state index in [0.717, 1.165) is 62.7 Å². The zero-order valence-corrected chi connectivity index (χ0v) is 62.0. The first-order chi connectivity index (χ1) is 49.0. The number of carbonyl (C=O) groups is 5. The van der Waals surface area contributed by atoms with Crippen molar-refractivity contribution in [3.8, 4) is 34.5 Å². The average Bonchev–Trinajstić information content (AvgIpc) is 1.62. The predicted octanol–water partition coefficient (Wildman–Crippen LogP) is 13.9. The number of fused-ring (bicyclic) bond motifs is 8. The predicted molar refractivity (Wildman–Crippen MR) is 391 cm³/mol. The highest BCUT2D eigenvalue weighted by Crippen LogP contribution is 2.46. The standard InChI is InChI=1S/C30H34N2O5Si.C24H20N2O3.C21H27F3N2O8SSi/c1-35-27-16-24-25(17-28(27)36-2)32(19-37-12-13-38(3,4)5)30(34)26-15-23(18-31(26)29(24)33)22-11-10-20-8-6-7-9-21(20)14-22;1-28-22-11-20-21(12-23(22)29-2)25-13-19-10-18(14-26(19)24(20)27)17-8-7-15-5-3-4-6-16(15)9-17;1-31-17-9-14-15(10-18(17)32-2)26(12-33-6-7-36(3,4)5)20(28)16-8-13(11-25(16)19(14)27)34-35(29,30)21(22,23)24/h6-11,14,16-18,26H,12-13,15,19H2,1-5H3;3-9,11-14,19H,10H2,1-2H3;9-11,16H,6-8,12H2,1-5H3/t26-;19-;16-/m000/s1. The Bertz CT molecular complexity index is 4750. The van der Waals surface area contributed by atoms with Gasteiger partial charge in [-0.15, -0.1) is 0 Å². The van der Waals surface area contributed by atoms with Gasteiger partial charge in [0.1, 0.15) is 31.3 Å². The molecule has 0 saturated carbocycles. The van der Waals surface area contributed by atoms with E-state index in [1.807, 2.05) is 42.9 Å². The maximum absolute atomic E-state index is 14.0. The third-order valence-corrected chi connectivity index (χ3v) is 22.7. The van der Waals surface area contributed by atoms with Crippen LogP contribution in [0.25, 0.3) is 32.7 Å². The van der Waals surface area contributed by atoms with Crippen molar-refractivity contribution in [2.75, 3.05) is 79.1 Å². The van der Waals surface area contributed by atoms with Crippen LogP contribution in [0, 0.1) is 0 Å². The first kappa shape index (κ1) is 74.2. The van der Waals surface area contributed by atoms with Gasteiger partial charge in [0, 0.05) is 91.6 Å². The lowest BCUT2D eigenvalue weighted by atomic mass is 9.99. The summed E-state index contributed by atoms with van der Waals surface area (Å²) in [6.07, 6.45) is 7.00. The van der Waals surface area contributed by atoms with E-state index < -0.39 is 67.9 Å². The van der Waals surface area contributed by atoms with Crippen LogP contribution in [-0.4, -0.2) is 168 Å². The number of nitrogens with zero attached hydrogens (tertiary/aromatic N) is 6. The second kappa shape index (κ2) is 30.1. The third-order valence-electron chi connectivity index (χ3n) is 18.3. The molecule has 0 fully saturated rings. The van der Waals surface area contributed by atoms with Crippen LogP contribution in [0.4, 0.5) is 30.2 Å². The van der Waals surface area contributed by atoms with Crippen LogP contribution in [0.2, 0.25) is 51.4 Å². The molecule has 0 unspecified atom stereocenters. The fraction of sp³-hybridized carbons (Fsp3) is 0.333. The smallest absolute Gasteiger partial charge is 0.493 e. The van der Waals surface area contributed by atoms with Gasteiger partial charge in [0.2, 0.25) is 0 Å². The lowest BCUT2D eigenvalue weighted by Crippen LogP contribution is -2.45. The molecule has 0 aliphatic carbocycles. The van der Waals surface area contributed by atoms with Crippen molar-refractivity contribution in [1.29, 1.82) is 0 Å². The van der Waals surface area contributed by atoms with Crippen molar-refractivity contribution < 1.29 is 87.6 Å². The molecule has 0 bridgehead atoms. The summed E-state index contributed by atoms with van der Waals surface area (Å²) in [6.45, 7) is 14.0. The Balaban J connectivity index is 0.000000156. The van der Waals surface area contributed by atoms with Gasteiger partial charge in [0.25, 0.3) is 29.5 Å². The summed E-state index contributed by atoms with van der Waals surface area (Å²) in [5.41, 5.74) is 0.638. The van der Waals surface area contributed by atoms with Gasteiger partial charge in [-0.25, -0.2) is 0 Å². The van der Waals surface area contributed by atoms with Crippen LogP contribution in [0.5, 0.6) is 34.5 Å². The normalized spacial score (nSPS) is 17.8. The van der Waals surface area contributed by atoms with Crippen LogP contribution in [-0.2, 0) is 33.4 Å². The van der Waals surface area contributed by atoms with Crippen LogP contribution in [0.15, 0.2) is 151 Å². The van der Waals surface area contributed by atoms with Crippen LogP contribution >= 0.6 is 0 Å². The molecule has 3 atom stereocenters. The van der Waals surface area contributed by atoms with E-state index in [1.54, 1.807) is 53.2 Å². The highest BCUT2D eigenvalue weighted by Gasteiger charge is 2.52. The van der Waals surface area contributed by atoms with Gasteiger partial charge in [0.15, 0.2) is 34.5 Å². The van der Waals surface area contributed by atoms with E-state index in [4.69, 9.17) is 37.9 Å². The Labute approximate surface area is 597 Å². The molecule has 0 radical (unpaired) electrons. The number of ether oxygens (including phenoxy) is 8. The number of aliphatic imine (C=N–C) groups is 1. The Hall–Kier alpha value is -10.0. The van der Waals surface area contributed by atoms with Crippen molar-refractivity contribution in [2.24, 2.45) is 4.99 Å². The van der Waals surface area contributed by atoms with Crippen LogP contribution in [0.3, 0.4) is 0 Å². The number of benzene rings is 7. The minimum Gasteiger partial charge on any atom is -0.493 e. The highest BCUT2D eigenvalue weighted by atomic mass is 32.2. The summed E-state index contributed by atoms with van der Waals surface area (Å²) in [5.74, 6) is -0.283. The van der Waals surface area contributed by atoms with Crippen molar-refractivity contribution in [1.82, 2.24) is 14.7 Å². The van der Waals surface area contributed by atoms with Crippen molar-refractivity contribution in [3.63, 3.8) is 0 Å². The molecule has 22 nitrogen and oxygen atoms in total. The summed E-state index contributed by atoms with van der Waals surface area (Å²) >= 11 is 0. The van der Waals surface area contributed by atoms with E-state index >= 15 is 0 Å². The second-order valence-electron chi connectivity index (χ2n) is 27.5. The maximum Gasteiger partial charge on any atom is 0.534 e. The first-order valence-electron chi connectivity index (χ1n) is 33.2. The molecule has 0 spiro atoms. The lowest BCUT2D eigenvalue weighted by molar-refractivity contribution is -0.123. The molecule has 7 aromatic rings. The number of hydrogen-bond acceptors (Lipinski definition) is 17. The zero-order valence-electron chi connectivity index (χ0n) is 59.2. The molecular weight excluding hydrogens is 1390 g/mol. The fourth-order valence-corrected chi connectivity index (χ4v) is 14.6. The molecule has 0 saturated heterocycles. The largest absolute Gasteiger partial charge is 0.534 e. The minimum absolute atomic E-state index is 0.0199. The first-order valence-corrected chi connectivity index (χ1v) is 42.0. The number of alkyl halides is 3. The third kappa shape index (κ3) is 15.8. The van der Waals surface area contributed by atoms with E-state index in [2.05, 4.69) is 109 Å². The van der Waals surface area contributed by atoms with Crippen molar-refractivity contribution in [3.05, 3.63) is 174 Å². The van der Waals surface area contributed by atoms with Gasteiger partial charge in [-0.1, -0.05) is 112 Å². The summed E-state index contributed by atoms with van der Waals surface area (Å²) in [6, 6.07) is 38.3. The number of rotatable bonds is 20. The van der Waals surface area contributed by atoms with Crippen LogP contribution < -0.4 is 38.2 Å². The molecule has 542 valence electrons. The number of amides is 5. The average molecular weight is 1470 g/mol. The Morgan fingerprint density at radius 3 is 1.33 bits per heavy atom.